The molecule has 0 saturated heterocycles. The van der Waals surface area contributed by atoms with Gasteiger partial charge in [-0.3, -0.25) is 0 Å². The number of hydrogen-bond donors (Lipinski definition) is 1. The first-order chi connectivity index (χ1) is 10.7. The molecule has 22 heavy (non-hydrogen) atoms. The molecular weight excluding hydrogens is 280 g/mol. The first-order valence-corrected chi connectivity index (χ1v) is 6.72. The SMILES string of the molecule is COc1cccc(-n2ncc(C(=O)O)c2-c2ccccc2)c1. The van der Waals surface area contributed by atoms with E-state index in [-0.39, 0.29) is 5.56 Å². The fourth-order valence-corrected chi connectivity index (χ4v) is 2.32. The second-order valence-corrected chi connectivity index (χ2v) is 4.69. The number of aromatic carboxylic acids is 1. The third kappa shape index (κ3) is 2.44. The molecule has 0 aliphatic heterocycles. The van der Waals surface area contributed by atoms with Crippen molar-refractivity contribution in [1.82, 2.24) is 9.78 Å². The quantitative estimate of drug-likeness (QED) is 0.802. The Bertz CT molecular complexity index is 810. The van der Waals surface area contributed by atoms with Crippen LogP contribution in [0.1, 0.15) is 10.4 Å². The smallest absolute Gasteiger partial charge is 0.339 e. The zero-order valence-electron chi connectivity index (χ0n) is 11.9. The molecule has 5 heteroatoms. The van der Waals surface area contributed by atoms with Gasteiger partial charge in [0, 0.05) is 11.6 Å². The van der Waals surface area contributed by atoms with Gasteiger partial charge in [-0.1, -0.05) is 36.4 Å². The fraction of sp³-hybridized carbons (Fsp3) is 0.0588. The van der Waals surface area contributed by atoms with E-state index in [4.69, 9.17) is 4.74 Å². The van der Waals surface area contributed by atoms with Crippen LogP contribution in [0, 0.1) is 0 Å². The zero-order chi connectivity index (χ0) is 15.5. The lowest BCUT2D eigenvalue weighted by Gasteiger charge is -2.10. The van der Waals surface area contributed by atoms with E-state index >= 15 is 0 Å². The Hall–Kier alpha value is -3.08. The molecule has 0 saturated carbocycles. The van der Waals surface area contributed by atoms with Crippen LogP contribution in [0.4, 0.5) is 0 Å². The maximum Gasteiger partial charge on any atom is 0.339 e. The van der Waals surface area contributed by atoms with Crippen LogP contribution in [0.5, 0.6) is 5.75 Å². The number of ether oxygens (including phenoxy) is 1. The van der Waals surface area contributed by atoms with E-state index < -0.39 is 5.97 Å². The van der Waals surface area contributed by atoms with Gasteiger partial charge >= 0.3 is 5.97 Å². The lowest BCUT2D eigenvalue weighted by Crippen LogP contribution is -2.03. The molecule has 110 valence electrons. The minimum atomic E-state index is -1.01. The number of carboxylic acids is 1. The second kappa shape index (κ2) is 5.73. The summed E-state index contributed by atoms with van der Waals surface area (Å²) in [5.41, 5.74) is 2.24. The molecular formula is C17H14N2O3. The average Bonchev–Trinajstić information content (AvgIpc) is 3.01. The Labute approximate surface area is 127 Å². The topological polar surface area (TPSA) is 64.4 Å². The molecule has 1 heterocycles. The molecule has 0 aliphatic carbocycles. The van der Waals surface area contributed by atoms with E-state index in [2.05, 4.69) is 5.10 Å². The number of rotatable bonds is 4. The highest BCUT2D eigenvalue weighted by Crippen LogP contribution is 2.27. The van der Waals surface area contributed by atoms with Gasteiger partial charge in [-0.15, -0.1) is 0 Å². The summed E-state index contributed by atoms with van der Waals surface area (Å²) in [7, 11) is 1.59. The second-order valence-electron chi connectivity index (χ2n) is 4.69. The van der Waals surface area contributed by atoms with Crippen molar-refractivity contribution in [2.75, 3.05) is 7.11 Å². The number of aromatic nitrogens is 2. The van der Waals surface area contributed by atoms with Crippen LogP contribution in [-0.2, 0) is 0 Å². The van der Waals surface area contributed by atoms with Gasteiger partial charge in [0.25, 0.3) is 0 Å². The van der Waals surface area contributed by atoms with Gasteiger partial charge in [-0.05, 0) is 12.1 Å². The van der Waals surface area contributed by atoms with Crippen LogP contribution in [0.25, 0.3) is 16.9 Å². The van der Waals surface area contributed by atoms with Gasteiger partial charge < -0.3 is 9.84 Å². The highest BCUT2D eigenvalue weighted by Gasteiger charge is 2.19. The summed E-state index contributed by atoms with van der Waals surface area (Å²) in [6.45, 7) is 0. The Kier molecular flexibility index (Phi) is 3.62. The lowest BCUT2D eigenvalue weighted by atomic mass is 10.1. The molecule has 0 spiro atoms. The monoisotopic (exact) mass is 294 g/mol. The summed E-state index contributed by atoms with van der Waals surface area (Å²) >= 11 is 0. The molecule has 0 aliphatic rings. The van der Waals surface area contributed by atoms with Crippen LogP contribution in [0.3, 0.4) is 0 Å². The van der Waals surface area contributed by atoms with Gasteiger partial charge in [-0.2, -0.15) is 5.10 Å². The van der Waals surface area contributed by atoms with E-state index in [1.165, 1.54) is 6.20 Å². The van der Waals surface area contributed by atoms with Crippen molar-refractivity contribution in [1.29, 1.82) is 0 Å². The molecule has 1 N–H and O–H groups in total. The third-order valence-electron chi connectivity index (χ3n) is 3.34. The van der Waals surface area contributed by atoms with Gasteiger partial charge in [0.1, 0.15) is 11.3 Å². The zero-order valence-corrected chi connectivity index (χ0v) is 11.9. The number of methoxy groups -OCH3 is 1. The number of benzene rings is 2. The molecule has 0 atom stereocenters. The van der Waals surface area contributed by atoms with Crippen LogP contribution in [0.15, 0.2) is 60.8 Å². The first-order valence-electron chi connectivity index (χ1n) is 6.72. The lowest BCUT2D eigenvalue weighted by molar-refractivity contribution is 0.0697. The molecule has 5 nitrogen and oxygen atoms in total. The Morgan fingerprint density at radius 2 is 1.91 bits per heavy atom. The van der Waals surface area contributed by atoms with E-state index in [0.29, 0.717) is 11.4 Å². The van der Waals surface area contributed by atoms with Crippen molar-refractivity contribution in [2.24, 2.45) is 0 Å². The maximum atomic E-state index is 11.5. The normalized spacial score (nSPS) is 10.4. The van der Waals surface area contributed by atoms with Gasteiger partial charge in [0.05, 0.1) is 24.7 Å². The highest BCUT2D eigenvalue weighted by atomic mass is 16.5. The van der Waals surface area contributed by atoms with Crippen LogP contribution < -0.4 is 4.74 Å². The summed E-state index contributed by atoms with van der Waals surface area (Å²) in [6, 6.07) is 16.7. The predicted octanol–water partition coefficient (Wildman–Crippen LogP) is 3.25. The summed E-state index contributed by atoms with van der Waals surface area (Å²) in [6.07, 6.45) is 1.37. The summed E-state index contributed by atoms with van der Waals surface area (Å²) in [5, 5.41) is 13.6. The fourth-order valence-electron chi connectivity index (χ4n) is 2.32. The minimum Gasteiger partial charge on any atom is -0.497 e. The number of carbonyl (C=O) groups is 1. The predicted molar refractivity (Wildman–Crippen MR) is 82.5 cm³/mol. The van der Waals surface area contributed by atoms with Crippen molar-refractivity contribution >= 4 is 5.97 Å². The van der Waals surface area contributed by atoms with Crippen molar-refractivity contribution in [3.8, 4) is 22.7 Å². The number of hydrogen-bond acceptors (Lipinski definition) is 3. The number of nitrogens with zero attached hydrogens (tertiary/aromatic N) is 2. The molecule has 0 radical (unpaired) electrons. The van der Waals surface area contributed by atoms with Crippen LogP contribution in [-0.4, -0.2) is 28.0 Å². The van der Waals surface area contributed by atoms with Crippen molar-refractivity contribution in [3.05, 3.63) is 66.4 Å². The molecule has 0 bridgehead atoms. The Balaban J connectivity index is 2.22. The summed E-state index contributed by atoms with van der Waals surface area (Å²) in [5.74, 6) is -0.322. The van der Waals surface area contributed by atoms with Crippen molar-refractivity contribution in [3.63, 3.8) is 0 Å². The standard InChI is InChI=1S/C17H14N2O3/c1-22-14-9-5-8-13(10-14)19-16(12-6-3-2-4-7-12)15(11-18-19)17(20)21/h2-11H,1H3,(H,20,21). The average molecular weight is 294 g/mol. The van der Waals surface area contributed by atoms with Gasteiger partial charge in [0.2, 0.25) is 0 Å². The van der Waals surface area contributed by atoms with Crippen molar-refractivity contribution in [2.45, 2.75) is 0 Å². The molecule has 3 rings (SSSR count). The Morgan fingerprint density at radius 3 is 2.59 bits per heavy atom. The highest BCUT2D eigenvalue weighted by molar-refractivity contribution is 5.95. The van der Waals surface area contributed by atoms with E-state index in [9.17, 15) is 9.90 Å². The minimum absolute atomic E-state index is 0.161. The van der Waals surface area contributed by atoms with Crippen LogP contribution >= 0.6 is 0 Å². The van der Waals surface area contributed by atoms with E-state index in [0.717, 1.165) is 11.3 Å². The van der Waals surface area contributed by atoms with E-state index in [1.807, 2.05) is 54.6 Å². The summed E-state index contributed by atoms with van der Waals surface area (Å²) < 4.78 is 6.83. The van der Waals surface area contributed by atoms with Gasteiger partial charge in [0.15, 0.2) is 0 Å². The Morgan fingerprint density at radius 1 is 1.14 bits per heavy atom. The first kappa shape index (κ1) is 13.9. The maximum absolute atomic E-state index is 11.5. The summed E-state index contributed by atoms with van der Waals surface area (Å²) in [4.78, 5) is 11.5. The number of carboxylic acid groups (broad SMARTS) is 1. The molecule has 2 aromatic carbocycles. The molecule has 0 amide bonds. The van der Waals surface area contributed by atoms with Gasteiger partial charge in [-0.25, -0.2) is 9.48 Å². The molecule has 0 fully saturated rings. The molecule has 1 aromatic heterocycles. The largest absolute Gasteiger partial charge is 0.497 e. The van der Waals surface area contributed by atoms with E-state index in [1.54, 1.807) is 11.8 Å². The van der Waals surface area contributed by atoms with Crippen LogP contribution in [0.2, 0.25) is 0 Å². The van der Waals surface area contributed by atoms with Crippen molar-refractivity contribution < 1.29 is 14.6 Å². The third-order valence-corrected chi connectivity index (χ3v) is 3.34. The molecule has 0 unspecified atom stereocenters. The molecule has 3 aromatic rings.